The van der Waals surface area contributed by atoms with E-state index in [-0.39, 0.29) is 10.3 Å². The van der Waals surface area contributed by atoms with Crippen molar-refractivity contribution >= 4 is 11.3 Å². The lowest BCUT2D eigenvalue weighted by Gasteiger charge is -2.24. The molecule has 0 spiro atoms. The minimum Gasteiger partial charge on any atom is -0.386 e. The van der Waals surface area contributed by atoms with E-state index in [1.165, 1.54) is 0 Å². The lowest BCUT2D eigenvalue weighted by atomic mass is 9.88. The first-order chi connectivity index (χ1) is 5.41. The van der Waals surface area contributed by atoms with Gasteiger partial charge in [0.05, 0.1) is 11.8 Å². The van der Waals surface area contributed by atoms with Crippen molar-refractivity contribution in [3.05, 3.63) is 20.7 Å². The molecule has 1 rings (SSSR count). The second-order valence-corrected chi connectivity index (χ2v) is 4.71. The van der Waals surface area contributed by atoms with Crippen LogP contribution in [0.15, 0.2) is 10.2 Å². The first kappa shape index (κ1) is 9.48. The van der Waals surface area contributed by atoms with E-state index in [2.05, 4.69) is 4.98 Å². The zero-order valence-electron chi connectivity index (χ0n) is 7.42. The normalized spacial score (nSPS) is 14.7. The summed E-state index contributed by atoms with van der Waals surface area (Å²) in [6, 6.07) is 0. The molecule has 0 saturated carbocycles. The number of hydrogen-bond donors (Lipinski definition) is 2. The minimum absolute atomic E-state index is 0.117. The summed E-state index contributed by atoms with van der Waals surface area (Å²) in [5.41, 5.74) is 0.377. The second-order valence-electron chi connectivity index (χ2n) is 3.87. The molecule has 1 aromatic rings. The van der Waals surface area contributed by atoms with E-state index in [1.807, 2.05) is 20.8 Å². The monoisotopic (exact) mass is 187 g/mol. The Hall–Kier alpha value is -0.610. The van der Waals surface area contributed by atoms with E-state index in [0.29, 0.717) is 5.69 Å². The number of H-pyrrole nitrogens is 1. The molecule has 2 N–H and O–H groups in total. The average Bonchev–Trinajstić information content (AvgIpc) is 2.32. The Morgan fingerprint density at radius 2 is 2.17 bits per heavy atom. The first-order valence-corrected chi connectivity index (χ1v) is 4.65. The van der Waals surface area contributed by atoms with Gasteiger partial charge in [-0.3, -0.25) is 4.79 Å². The topological polar surface area (TPSA) is 53.1 Å². The van der Waals surface area contributed by atoms with Crippen LogP contribution in [0.1, 0.15) is 32.6 Å². The van der Waals surface area contributed by atoms with Crippen molar-refractivity contribution in [1.82, 2.24) is 4.98 Å². The van der Waals surface area contributed by atoms with E-state index in [4.69, 9.17) is 0 Å². The molecule has 0 aliphatic carbocycles. The quantitative estimate of drug-likeness (QED) is 0.700. The largest absolute Gasteiger partial charge is 0.386 e. The van der Waals surface area contributed by atoms with Gasteiger partial charge in [-0.15, -0.1) is 0 Å². The van der Waals surface area contributed by atoms with Crippen molar-refractivity contribution in [3.8, 4) is 0 Å². The van der Waals surface area contributed by atoms with Crippen molar-refractivity contribution in [2.75, 3.05) is 0 Å². The molecule has 12 heavy (non-hydrogen) atoms. The van der Waals surface area contributed by atoms with Crippen LogP contribution in [0.4, 0.5) is 0 Å². The molecule has 0 aromatic carbocycles. The van der Waals surface area contributed by atoms with Crippen LogP contribution in [0.2, 0.25) is 0 Å². The zero-order chi connectivity index (χ0) is 9.35. The van der Waals surface area contributed by atoms with Crippen LogP contribution in [0.5, 0.6) is 0 Å². The number of nitrogens with one attached hydrogen (secondary N) is 1. The van der Waals surface area contributed by atoms with Gasteiger partial charge in [-0.2, -0.15) is 0 Å². The maximum atomic E-state index is 10.8. The molecule has 0 saturated heterocycles. The van der Waals surface area contributed by atoms with Crippen LogP contribution in [-0.4, -0.2) is 10.1 Å². The summed E-state index contributed by atoms with van der Waals surface area (Å²) in [6.07, 6.45) is -0.601. The van der Waals surface area contributed by atoms with E-state index in [1.54, 1.807) is 5.38 Å². The van der Waals surface area contributed by atoms with Gasteiger partial charge in [0, 0.05) is 5.38 Å². The minimum atomic E-state index is -0.601. The molecule has 1 atom stereocenters. The number of thiazole rings is 1. The fourth-order valence-electron chi connectivity index (χ4n) is 0.893. The molecular formula is C8H13NO2S. The third kappa shape index (κ3) is 1.95. The number of hydrogen-bond acceptors (Lipinski definition) is 3. The first-order valence-electron chi connectivity index (χ1n) is 3.77. The fourth-order valence-corrected chi connectivity index (χ4v) is 1.49. The van der Waals surface area contributed by atoms with Crippen LogP contribution < -0.4 is 4.87 Å². The maximum Gasteiger partial charge on any atom is 0.304 e. The van der Waals surface area contributed by atoms with Gasteiger partial charge in [0.25, 0.3) is 0 Å². The Morgan fingerprint density at radius 1 is 1.58 bits per heavy atom. The van der Waals surface area contributed by atoms with E-state index >= 15 is 0 Å². The van der Waals surface area contributed by atoms with Gasteiger partial charge in [0.1, 0.15) is 0 Å². The molecule has 68 valence electrons. The molecule has 4 heteroatoms. The molecule has 0 fully saturated rings. The Balaban J connectivity index is 2.92. The summed E-state index contributed by atoms with van der Waals surface area (Å²) in [4.78, 5) is 13.3. The third-order valence-electron chi connectivity index (χ3n) is 1.65. The second kappa shape index (κ2) is 3.03. The molecule has 1 heterocycles. The fraction of sp³-hybridized carbons (Fsp3) is 0.625. The molecule has 0 radical (unpaired) electrons. The van der Waals surface area contributed by atoms with Crippen molar-refractivity contribution in [1.29, 1.82) is 0 Å². The van der Waals surface area contributed by atoms with Gasteiger partial charge in [0.2, 0.25) is 0 Å². The Bertz CT molecular complexity index is 307. The van der Waals surface area contributed by atoms with Gasteiger partial charge < -0.3 is 10.1 Å². The van der Waals surface area contributed by atoms with Crippen LogP contribution in [0.3, 0.4) is 0 Å². The van der Waals surface area contributed by atoms with Crippen molar-refractivity contribution in [2.45, 2.75) is 26.9 Å². The van der Waals surface area contributed by atoms with Crippen LogP contribution in [-0.2, 0) is 0 Å². The number of aromatic amines is 1. The predicted molar refractivity (Wildman–Crippen MR) is 49.4 cm³/mol. The highest BCUT2D eigenvalue weighted by Gasteiger charge is 2.24. The number of aliphatic hydroxyl groups is 1. The summed E-state index contributed by atoms with van der Waals surface area (Å²) in [5, 5.41) is 11.4. The lowest BCUT2D eigenvalue weighted by molar-refractivity contribution is 0.0593. The Labute approximate surface area is 75.1 Å². The van der Waals surface area contributed by atoms with Gasteiger partial charge in [0.15, 0.2) is 0 Å². The van der Waals surface area contributed by atoms with E-state index in [9.17, 15) is 9.90 Å². The van der Waals surface area contributed by atoms with Gasteiger partial charge in [-0.25, -0.2) is 0 Å². The highest BCUT2D eigenvalue weighted by atomic mass is 32.1. The van der Waals surface area contributed by atoms with Crippen molar-refractivity contribution in [3.63, 3.8) is 0 Å². The zero-order valence-corrected chi connectivity index (χ0v) is 8.23. The average molecular weight is 187 g/mol. The van der Waals surface area contributed by atoms with Crippen LogP contribution in [0.25, 0.3) is 0 Å². The summed E-state index contributed by atoms with van der Waals surface area (Å²) in [7, 11) is 0. The Kier molecular flexibility index (Phi) is 2.39. The number of aromatic nitrogens is 1. The van der Waals surface area contributed by atoms with Crippen LogP contribution >= 0.6 is 11.3 Å². The van der Waals surface area contributed by atoms with Gasteiger partial charge in [-0.1, -0.05) is 32.1 Å². The van der Waals surface area contributed by atoms with Gasteiger partial charge >= 0.3 is 4.87 Å². The molecule has 0 amide bonds. The lowest BCUT2D eigenvalue weighted by Crippen LogP contribution is -2.18. The predicted octanol–water partition coefficient (Wildman–Crippen LogP) is 1.52. The molecule has 0 aliphatic heterocycles. The van der Waals surface area contributed by atoms with E-state index < -0.39 is 6.10 Å². The smallest absolute Gasteiger partial charge is 0.304 e. The summed E-state index contributed by atoms with van der Waals surface area (Å²) in [5.74, 6) is 0. The summed E-state index contributed by atoms with van der Waals surface area (Å²) >= 11 is 1.08. The third-order valence-corrected chi connectivity index (χ3v) is 2.34. The molecular weight excluding hydrogens is 174 g/mol. The van der Waals surface area contributed by atoms with Gasteiger partial charge in [-0.05, 0) is 5.41 Å². The highest BCUT2D eigenvalue weighted by molar-refractivity contribution is 7.07. The van der Waals surface area contributed by atoms with Crippen molar-refractivity contribution < 1.29 is 5.11 Å². The SMILES string of the molecule is CC(C)(C)C(O)c1csc(=O)[nH]1. The molecule has 3 nitrogen and oxygen atoms in total. The molecule has 0 bridgehead atoms. The van der Waals surface area contributed by atoms with Crippen molar-refractivity contribution in [2.24, 2.45) is 5.41 Å². The number of aliphatic hydroxyl groups excluding tert-OH is 1. The Morgan fingerprint density at radius 3 is 2.50 bits per heavy atom. The standard InChI is InChI=1S/C8H13NO2S/c1-8(2,3)6(10)5-4-12-7(11)9-5/h4,6,10H,1-3H3,(H,9,11). The summed E-state index contributed by atoms with van der Waals surface area (Å²) in [6.45, 7) is 5.77. The summed E-state index contributed by atoms with van der Waals surface area (Å²) < 4.78 is 0. The van der Waals surface area contributed by atoms with Crippen LogP contribution in [0, 0.1) is 5.41 Å². The molecule has 0 aliphatic rings. The van der Waals surface area contributed by atoms with E-state index in [0.717, 1.165) is 11.3 Å². The number of rotatable bonds is 1. The molecule has 1 aromatic heterocycles. The maximum absolute atomic E-state index is 10.8. The highest BCUT2D eigenvalue weighted by Crippen LogP contribution is 2.31. The molecule has 1 unspecified atom stereocenters.